The lowest BCUT2D eigenvalue weighted by Gasteiger charge is -2.15. The summed E-state index contributed by atoms with van der Waals surface area (Å²) in [5.41, 5.74) is 1.54. The second-order valence-corrected chi connectivity index (χ2v) is 5.55. The Morgan fingerprint density at radius 2 is 1.78 bits per heavy atom. The van der Waals surface area contributed by atoms with Gasteiger partial charge in [-0.05, 0) is 19.1 Å². The van der Waals surface area contributed by atoms with Crippen molar-refractivity contribution >= 4 is 11.9 Å². The second-order valence-electron chi connectivity index (χ2n) is 5.55. The zero-order chi connectivity index (χ0) is 17.0. The molecule has 0 radical (unpaired) electrons. The first-order valence-electron chi connectivity index (χ1n) is 7.35. The molecular formula is C16H21NO6. The molecule has 1 aliphatic heterocycles. The van der Waals surface area contributed by atoms with E-state index in [-0.39, 0.29) is 18.9 Å². The van der Waals surface area contributed by atoms with Gasteiger partial charge in [0.15, 0.2) is 0 Å². The molecule has 1 saturated heterocycles. The van der Waals surface area contributed by atoms with Crippen LogP contribution < -0.4 is 5.32 Å². The van der Waals surface area contributed by atoms with E-state index in [1.54, 1.807) is 12.1 Å². The van der Waals surface area contributed by atoms with Gasteiger partial charge in [-0.2, -0.15) is 0 Å². The van der Waals surface area contributed by atoms with Crippen LogP contribution in [-0.4, -0.2) is 60.2 Å². The molecule has 0 unspecified atom stereocenters. The first-order chi connectivity index (χ1) is 10.9. The standard InChI is InChI=1S/C16H21NO6/c1-9-3-5-10(6-4-9)16(21)17-8-12-15(20)14(19)11(23-12)7-13(18)22-2/h3-6,11-12,14-15,19-20H,7-8H2,1-2H3,(H,17,21)/t11-,12-,14-,15+/m0/s1. The van der Waals surface area contributed by atoms with Gasteiger partial charge in [-0.15, -0.1) is 0 Å². The van der Waals surface area contributed by atoms with Crippen LogP contribution in [0.5, 0.6) is 0 Å². The third-order valence-corrected chi connectivity index (χ3v) is 3.83. The van der Waals surface area contributed by atoms with Gasteiger partial charge in [0.1, 0.15) is 18.3 Å². The fourth-order valence-electron chi connectivity index (χ4n) is 2.41. The van der Waals surface area contributed by atoms with Gasteiger partial charge < -0.3 is 25.0 Å². The van der Waals surface area contributed by atoms with Crippen LogP contribution in [0.2, 0.25) is 0 Å². The van der Waals surface area contributed by atoms with Gasteiger partial charge in [-0.25, -0.2) is 0 Å². The Kier molecular flexibility index (Phi) is 5.70. The van der Waals surface area contributed by atoms with Crippen molar-refractivity contribution in [2.45, 2.75) is 37.8 Å². The van der Waals surface area contributed by atoms with E-state index >= 15 is 0 Å². The Morgan fingerprint density at radius 1 is 1.17 bits per heavy atom. The molecule has 7 nitrogen and oxygen atoms in total. The summed E-state index contributed by atoms with van der Waals surface area (Å²) in [6, 6.07) is 7.05. The normalized spacial score (nSPS) is 26.8. The van der Waals surface area contributed by atoms with Gasteiger partial charge in [0.25, 0.3) is 5.91 Å². The summed E-state index contributed by atoms with van der Waals surface area (Å²) in [4.78, 5) is 23.3. The van der Waals surface area contributed by atoms with E-state index in [1.165, 1.54) is 7.11 Å². The molecule has 1 aromatic carbocycles. The molecule has 23 heavy (non-hydrogen) atoms. The number of esters is 1. The van der Waals surface area contributed by atoms with Crippen LogP contribution in [0.3, 0.4) is 0 Å². The minimum atomic E-state index is -1.20. The molecule has 4 atom stereocenters. The lowest BCUT2D eigenvalue weighted by Crippen LogP contribution is -2.40. The number of benzene rings is 1. The number of hydrogen-bond donors (Lipinski definition) is 3. The summed E-state index contributed by atoms with van der Waals surface area (Å²) >= 11 is 0. The number of amides is 1. The fraction of sp³-hybridized carbons (Fsp3) is 0.500. The highest BCUT2D eigenvalue weighted by Gasteiger charge is 2.43. The van der Waals surface area contributed by atoms with E-state index in [9.17, 15) is 19.8 Å². The van der Waals surface area contributed by atoms with Gasteiger partial charge in [0.2, 0.25) is 0 Å². The summed E-state index contributed by atoms with van der Waals surface area (Å²) in [5, 5.41) is 22.5. The highest BCUT2D eigenvalue weighted by molar-refractivity contribution is 5.94. The number of aryl methyl sites for hydroxylation is 1. The maximum absolute atomic E-state index is 12.0. The summed E-state index contributed by atoms with van der Waals surface area (Å²) in [7, 11) is 1.24. The van der Waals surface area contributed by atoms with Crippen LogP contribution in [0.15, 0.2) is 24.3 Å². The quantitative estimate of drug-likeness (QED) is 0.647. The lowest BCUT2D eigenvalue weighted by atomic mass is 10.1. The average Bonchev–Trinajstić information content (AvgIpc) is 2.81. The molecular weight excluding hydrogens is 302 g/mol. The number of nitrogens with one attached hydrogen (secondary N) is 1. The third-order valence-electron chi connectivity index (χ3n) is 3.83. The van der Waals surface area contributed by atoms with E-state index in [0.29, 0.717) is 5.56 Å². The molecule has 1 heterocycles. The molecule has 0 aliphatic carbocycles. The van der Waals surface area contributed by atoms with E-state index in [2.05, 4.69) is 10.1 Å². The second kappa shape index (κ2) is 7.54. The molecule has 1 amide bonds. The summed E-state index contributed by atoms with van der Waals surface area (Å²) in [6.45, 7) is 1.95. The van der Waals surface area contributed by atoms with Crippen LogP contribution in [0.1, 0.15) is 22.3 Å². The Bertz CT molecular complexity index is 558. The van der Waals surface area contributed by atoms with Gasteiger partial charge in [-0.1, -0.05) is 17.7 Å². The van der Waals surface area contributed by atoms with Crippen molar-refractivity contribution < 1.29 is 29.3 Å². The predicted molar refractivity (Wildman–Crippen MR) is 80.8 cm³/mol. The number of carbonyl (C=O) groups is 2. The zero-order valence-corrected chi connectivity index (χ0v) is 13.1. The van der Waals surface area contributed by atoms with E-state index in [1.807, 2.05) is 19.1 Å². The molecule has 3 N–H and O–H groups in total. The van der Waals surface area contributed by atoms with Crippen LogP contribution in [0.25, 0.3) is 0 Å². The van der Waals surface area contributed by atoms with Gasteiger partial charge in [-0.3, -0.25) is 9.59 Å². The van der Waals surface area contributed by atoms with Crippen LogP contribution >= 0.6 is 0 Å². The molecule has 2 rings (SSSR count). The largest absolute Gasteiger partial charge is 0.469 e. The molecule has 1 fully saturated rings. The topological polar surface area (TPSA) is 105 Å². The monoisotopic (exact) mass is 323 g/mol. The number of methoxy groups -OCH3 is 1. The first-order valence-corrected chi connectivity index (χ1v) is 7.35. The van der Waals surface area contributed by atoms with Crippen molar-refractivity contribution in [3.8, 4) is 0 Å². The van der Waals surface area contributed by atoms with Crippen LogP contribution in [-0.2, 0) is 14.3 Å². The highest BCUT2D eigenvalue weighted by atomic mass is 16.6. The smallest absolute Gasteiger partial charge is 0.308 e. The van der Waals surface area contributed by atoms with Crippen molar-refractivity contribution in [1.29, 1.82) is 0 Å². The number of rotatable bonds is 5. The molecule has 0 bridgehead atoms. The SMILES string of the molecule is COC(=O)C[C@@H]1O[C@@H](CNC(=O)c2ccc(C)cc2)[C@@H](O)[C@H]1O. The van der Waals surface area contributed by atoms with Crippen LogP contribution in [0, 0.1) is 6.92 Å². The molecule has 0 spiro atoms. The minimum Gasteiger partial charge on any atom is -0.469 e. The first kappa shape index (κ1) is 17.4. The highest BCUT2D eigenvalue weighted by Crippen LogP contribution is 2.23. The van der Waals surface area contributed by atoms with E-state index < -0.39 is 30.4 Å². The average molecular weight is 323 g/mol. The van der Waals surface area contributed by atoms with Gasteiger partial charge in [0.05, 0.1) is 19.6 Å². The number of aliphatic hydroxyl groups is 2. The molecule has 0 saturated carbocycles. The number of hydrogen-bond acceptors (Lipinski definition) is 6. The van der Waals surface area contributed by atoms with Crippen LogP contribution in [0.4, 0.5) is 0 Å². The number of carbonyl (C=O) groups excluding carboxylic acids is 2. The molecule has 7 heteroatoms. The molecule has 1 aromatic rings. The van der Waals surface area contributed by atoms with Crippen molar-refractivity contribution in [2.75, 3.05) is 13.7 Å². The lowest BCUT2D eigenvalue weighted by molar-refractivity contribution is -0.144. The zero-order valence-electron chi connectivity index (χ0n) is 13.1. The predicted octanol–water partition coefficient (Wildman–Crippen LogP) is -0.223. The Hall–Kier alpha value is -1.96. The van der Waals surface area contributed by atoms with E-state index in [0.717, 1.165) is 5.56 Å². The Morgan fingerprint density at radius 3 is 2.39 bits per heavy atom. The Balaban J connectivity index is 1.89. The molecule has 126 valence electrons. The summed E-state index contributed by atoms with van der Waals surface area (Å²) in [6.07, 6.45) is -4.16. The maximum Gasteiger partial charge on any atom is 0.308 e. The van der Waals surface area contributed by atoms with E-state index in [4.69, 9.17) is 4.74 Å². The summed E-state index contributed by atoms with van der Waals surface area (Å²) < 4.78 is 9.96. The summed E-state index contributed by atoms with van der Waals surface area (Å²) in [5.74, 6) is -0.836. The molecule has 0 aromatic heterocycles. The van der Waals surface area contributed by atoms with Crippen molar-refractivity contribution in [1.82, 2.24) is 5.32 Å². The van der Waals surface area contributed by atoms with Crippen molar-refractivity contribution in [3.63, 3.8) is 0 Å². The third kappa shape index (κ3) is 4.28. The maximum atomic E-state index is 12.0. The van der Waals surface area contributed by atoms with Gasteiger partial charge in [0, 0.05) is 12.1 Å². The minimum absolute atomic E-state index is 0.0304. The van der Waals surface area contributed by atoms with Crippen molar-refractivity contribution in [2.24, 2.45) is 0 Å². The number of ether oxygens (including phenoxy) is 2. The van der Waals surface area contributed by atoms with Gasteiger partial charge >= 0.3 is 5.97 Å². The number of aliphatic hydroxyl groups excluding tert-OH is 2. The fourth-order valence-corrected chi connectivity index (χ4v) is 2.41. The Labute approximate surface area is 134 Å². The molecule has 1 aliphatic rings. The van der Waals surface area contributed by atoms with Crippen molar-refractivity contribution in [3.05, 3.63) is 35.4 Å².